The molecule has 0 aliphatic heterocycles. The summed E-state index contributed by atoms with van der Waals surface area (Å²) in [7, 11) is 0. The Hall–Kier alpha value is -1.99. The molecule has 1 aliphatic carbocycles. The Labute approximate surface area is 130 Å². The maximum atomic E-state index is 12.6. The third kappa shape index (κ3) is 5.01. The minimum absolute atomic E-state index is 0.0419. The van der Waals surface area contributed by atoms with Crippen molar-refractivity contribution in [3.63, 3.8) is 0 Å². The van der Waals surface area contributed by atoms with Gasteiger partial charge in [-0.05, 0) is 43.7 Å². The number of hydrogen-bond donors (Lipinski definition) is 2. The summed E-state index contributed by atoms with van der Waals surface area (Å²) in [4.78, 5) is 22.5. The lowest BCUT2D eigenvalue weighted by atomic mass is 9.80. The van der Waals surface area contributed by atoms with Gasteiger partial charge in [0.2, 0.25) is 11.7 Å². The van der Waals surface area contributed by atoms with Crippen molar-refractivity contribution >= 4 is 11.9 Å². The molecule has 5 nitrogen and oxygen atoms in total. The van der Waals surface area contributed by atoms with E-state index in [0.29, 0.717) is 18.6 Å². The normalized spacial score (nSPS) is 21.9. The smallest absolute Gasteiger partial charge is 0.391 e. The van der Waals surface area contributed by atoms with Gasteiger partial charge in [-0.1, -0.05) is 0 Å². The van der Waals surface area contributed by atoms with E-state index in [1.54, 1.807) is 0 Å². The predicted molar refractivity (Wildman–Crippen MR) is 73.6 cm³/mol. The molecule has 2 N–H and O–H groups in total. The Kier molecular flexibility index (Phi) is 5.33. The van der Waals surface area contributed by atoms with Crippen LogP contribution >= 0.6 is 0 Å². The maximum absolute atomic E-state index is 12.6. The molecular weight excluding hydrogens is 315 g/mol. The minimum Gasteiger partial charge on any atom is -0.475 e. The van der Waals surface area contributed by atoms with Gasteiger partial charge in [0.1, 0.15) is 5.76 Å². The van der Waals surface area contributed by atoms with Crippen molar-refractivity contribution in [1.82, 2.24) is 5.32 Å². The van der Waals surface area contributed by atoms with Gasteiger partial charge in [-0.3, -0.25) is 4.79 Å². The molecular formula is C15H18F3NO4. The Morgan fingerprint density at radius 1 is 1.22 bits per heavy atom. The molecule has 1 heterocycles. The zero-order chi connectivity index (χ0) is 17.0. The van der Waals surface area contributed by atoms with Crippen LogP contribution in [0.4, 0.5) is 13.2 Å². The standard InChI is InChI=1S/C15H18F3NO4/c16-15(17,18)10-3-1-9(2-4-10)7-13(20)19-8-11-5-6-12(23-11)14(21)22/h5-6,9-10H,1-4,7-8H2,(H,19,20)(H,21,22). The molecule has 0 radical (unpaired) electrons. The van der Waals surface area contributed by atoms with E-state index in [9.17, 15) is 22.8 Å². The first-order valence-electron chi connectivity index (χ1n) is 7.41. The van der Waals surface area contributed by atoms with Crippen LogP contribution in [0.25, 0.3) is 0 Å². The van der Waals surface area contributed by atoms with Crippen LogP contribution in [-0.2, 0) is 11.3 Å². The quantitative estimate of drug-likeness (QED) is 0.866. The number of nitrogens with one attached hydrogen (secondary N) is 1. The fourth-order valence-electron chi connectivity index (χ4n) is 2.80. The Morgan fingerprint density at radius 2 is 1.87 bits per heavy atom. The average Bonchev–Trinajstić information content (AvgIpc) is 2.94. The van der Waals surface area contributed by atoms with Gasteiger partial charge in [0.15, 0.2) is 0 Å². The van der Waals surface area contributed by atoms with Crippen LogP contribution < -0.4 is 5.32 Å². The predicted octanol–water partition coefficient (Wildman–Crippen LogP) is 3.35. The molecule has 1 saturated carbocycles. The monoisotopic (exact) mass is 333 g/mol. The van der Waals surface area contributed by atoms with E-state index in [-0.39, 0.29) is 43.4 Å². The molecule has 0 saturated heterocycles. The lowest BCUT2D eigenvalue weighted by Gasteiger charge is -2.29. The lowest BCUT2D eigenvalue weighted by Crippen LogP contribution is -2.30. The number of carboxylic acid groups (broad SMARTS) is 1. The summed E-state index contributed by atoms with van der Waals surface area (Å²) in [5.74, 6) is -2.65. The zero-order valence-electron chi connectivity index (χ0n) is 12.4. The van der Waals surface area contributed by atoms with E-state index in [4.69, 9.17) is 9.52 Å². The largest absolute Gasteiger partial charge is 0.475 e. The third-order valence-corrected chi connectivity index (χ3v) is 4.12. The Bertz CT molecular complexity index is 559. The molecule has 0 aromatic carbocycles. The van der Waals surface area contributed by atoms with E-state index < -0.39 is 18.1 Å². The van der Waals surface area contributed by atoms with E-state index in [2.05, 4.69) is 5.32 Å². The first-order valence-corrected chi connectivity index (χ1v) is 7.41. The molecule has 0 bridgehead atoms. The van der Waals surface area contributed by atoms with Gasteiger partial charge in [0.05, 0.1) is 12.5 Å². The van der Waals surface area contributed by atoms with Crippen molar-refractivity contribution in [1.29, 1.82) is 0 Å². The summed E-state index contributed by atoms with van der Waals surface area (Å²) >= 11 is 0. The molecule has 128 valence electrons. The fraction of sp³-hybridized carbons (Fsp3) is 0.600. The second-order valence-electron chi connectivity index (χ2n) is 5.81. The van der Waals surface area contributed by atoms with Gasteiger partial charge in [0, 0.05) is 6.42 Å². The van der Waals surface area contributed by atoms with Crippen molar-refractivity contribution < 1.29 is 32.3 Å². The summed E-state index contributed by atoms with van der Waals surface area (Å²) < 4.78 is 42.7. The van der Waals surface area contributed by atoms with Crippen LogP contribution in [0.15, 0.2) is 16.5 Å². The molecule has 1 aromatic rings. The Morgan fingerprint density at radius 3 is 2.39 bits per heavy atom. The molecule has 1 aromatic heterocycles. The van der Waals surface area contributed by atoms with Gasteiger partial charge in [-0.25, -0.2) is 4.79 Å². The number of carbonyl (C=O) groups is 2. The summed E-state index contributed by atoms with van der Waals surface area (Å²) in [5.41, 5.74) is 0. The number of alkyl halides is 3. The van der Waals surface area contributed by atoms with E-state index in [1.165, 1.54) is 12.1 Å². The number of furan rings is 1. The summed E-state index contributed by atoms with van der Waals surface area (Å²) in [6.45, 7) is 0.0595. The number of carboxylic acids is 1. The number of hydrogen-bond acceptors (Lipinski definition) is 3. The first-order chi connectivity index (χ1) is 10.8. The van der Waals surface area contributed by atoms with Crippen LogP contribution in [0.5, 0.6) is 0 Å². The van der Waals surface area contributed by atoms with Gasteiger partial charge in [-0.2, -0.15) is 13.2 Å². The zero-order valence-corrected chi connectivity index (χ0v) is 12.4. The molecule has 0 spiro atoms. The highest BCUT2D eigenvalue weighted by Gasteiger charge is 2.41. The van der Waals surface area contributed by atoms with Crippen molar-refractivity contribution in [2.75, 3.05) is 0 Å². The van der Waals surface area contributed by atoms with Crippen LogP contribution in [0, 0.1) is 11.8 Å². The lowest BCUT2D eigenvalue weighted by molar-refractivity contribution is -0.184. The number of halogens is 3. The second kappa shape index (κ2) is 7.06. The first kappa shape index (κ1) is 17.4. The van der Waals surface area contributed by atoms with Crippen LogP contribution in [0.2, 0.25) is 0 Å². The highest BCUT2D eigenvalue weighted by molar-refractivity contribution is 5.84. The molecule has 2 rings (SSSR count). The average molecular weight is 333 g/mol. The fourth-order valence-corrected chi connectivity index (χ4v) is 2.80. The number of amides is 1. The number of aromatic carboxylic acids is 1. The highest BCUT2D eigenvalue weighted by Crippen LogP contribution is 2.40. The molecule has 23 heavy (non-hydrogen) atoms. The summed E-state index contributed by atoms with van der Waals surface area (Å²) in [6, 6.07) is 2.75. The van der Waals surface area contributed by atoms with Gasteiger partial charge < -0.3 is 14.8 Å². The SMILES string of the molecule is O=C(CC1CCC(C(F)(F)F)CC1)NCc1ccc(C(=O)O)o1. The van der Waals surface area contributed by atoms with Crippen molar-refractivity contribution in [2.24, 2.45) is 11.8 Å². The molecule has 0 atom stereocenters. The molecule has 8 heteroatoms. The highest BCUT2D eigenvalue weighted by atomic mass is 19.4. The van der Waals surface area contributed by atoms with Crippen LogP contribution in [0.3, 0.4) is 0 Å². The minimum atomic E-state index is -4.14. The Balaban J connectivity index is 1.72. The molecule has 0 unspecified atom stereocenters. The summed E-state index contributed by atoms with van der Waals surface area (Å²) in [6.07, 6.45) is -3.04. The molecule has 1 fully saturated rings. The van der Waals surface area contributed by atoms with Crippen LogP contribution in [0.1, 0.15) is 48.4 Å². The molecule has 1 amide bonds. The summed E-state index contributed by atoms with van der Waals surface area (Å²) in [5, 5.41) is 11.3. The van der Waals surface area contributed by atoms with Crippen LogP contribution in [-0.4, -0.2) is 23.2 Å². The second-order valence-corrected chi connectivity index (χ2v) is 5.81. The van der Waals surface area contributed by atoms with Crippen molar-refractivity contribution in [3.05, 3.63) is 23.7 Å². The topological polar surface area (TPSA) is 79.5 Å². The third-order valence-electron chi connectivity index (χ3n) is 4.12. The number of rotatable bonds is 5. The van der Waals surface area contributed by atoms with Crippen molar-refractivity contribution in [2.45, 2.75) is 44.8 Å². The van der Waals surface area contributed by atoms with Gasteiger partial charge in [0.25, 0.3) is 0 Å². The van der Waals surface area contributed by atoms with Gasteiger partial charge in [-0.15, -0.1) is 0 Å². The van der Waals surface area contributed by atoms with E-state index in [0.717, 1.165) is 0 Å². The maximum Gasteiger partial charge on any atom is 0.391 e. The number of carbonyl (C=O) groups excluding carboxylic acids is 1. The van der Waals surface area contributed by atoms with E-state index >= 15 is 0 Å². The van der Waals surface area contributed by atoms with Gasteiger partial charge >= 0.3 is 12.1 Å². The van der Waals surface area contributed by atoms with E-state index in [1.807, 2.05) is 0 Å². The van der Waals surface area contributed by atoms with Crippen molar-refractivity contribution in [3.8, 4) is 0 Å². The molecule has 1 aliphatic rings.